The summed E-state index contributed by atoms with van der Waals surface area (Å²) in [5.74, 6) is 1.82. The van der Waals surface area contributed by atoms with Gasteiger partial charge in [-0.05, 0) is 52.3 Å². The zero-order valence-electron chi connectivity index (χ0n) is 10.9. The number of para-hydroxylation sites is 1. The zero-order valence-corrected chi connectivity index (χ0v) is 12.5. The summed E-state index contributed by atoms with van der Waals surface area (Å²) >= 11 is 3.36. The van der Waals surface area contributed by atoms with Gasteiger partial charge in [-0.25, -0.2) is 4.98 Å². The first kappa shape index (κ1) is 13.6. The Morgan fingerprint density at radius 3 is 2.29 bits per heavy atom. The molecule has 0 atom stereocenters. The van der Waals surface area contributed by atoms with E-state index in [0.29, 0.717) is 22.4 Å². The van der Waals surface area contributed by atoms with E-state index in [-0.39, 0.29) is 0 Å². The number of hydrogen-bond acceptors (Lipinski definition) is 3. The summed E-state index contributed by atoms with van der Waals surface area (Å²) in [6.07, 6.45) is 0.682. The molecule has 0 saturated heterocycles. The van der Waals surface area contributed by atoms with Crippen LogP contribution in [0.2, 0.25) is 0 Å². The van der Waals surface area contributed by atoms with E-state index in [0.717, 1.165) is 17.1 Å². The Balaban J connectivity index is 1.83. The van der Waals surface area contributed by atoms with Crippen LogP contribution in [0.4, 0.5) is 0 Å². The lowest BCUT2D eigenvalue weighted by molar-refractivity contribution is 0.111. The molecule has 0 aliphatic heterocycles. The predicted octanol–water partition coefficient (Wildman–Crippen LogP) is 4.44. The second kappa shape index (κ2) is 5.93. The highest BCUT2D eigenvalue weighted by Gasteiger charge is 2.09. The Hall–Kier alpha value is -2.40. The SMILES string of the molecule is O=Cc1nc(-c2ccc(Oc3ccccc3)cc2)c(Br)[nH]1. The predicted molar refractivity (Wildman–Crippen MR) is 83.6 cm³/mol. The summed E-state index contributed by atoms with van der Waals surface area (Å²) < 4.78 is 6.41. The Labute approximate surface area is 129 Å². The lowest BCUT2D eigenvalue weighted by atomic mass is 10.1. The number of imidazole rings is 1. The summed E-state index contributed by atoms with van der Waals surface area (Å²) in [5, 5.41) is 0. The standard InChI is InChI=1S/C16H11BrN2O2/c17-16-15(18-14(10-20)19-16)11-6-8-13(9-7-11)21-12-4-2-1-3-5-12/h1-10H,(H,18,19). The molecule has 104 valence electrons. The maximum Gasteiger partial charge on any atom is 0.185 e. The summed E-state index contributed by atoms with van der Waals surface area (Å²) in [6.45, 7) is 0. The quantitative estimate of drug-likeness (QED) is 0.713. The molecule has 0 bridgehead atoms. The van der Waals surface area contributed by atoms with E-state index in [1.54, 1.807) is 0 Å². The number of carbonyl (C=O) groups is 1. The fourth-order valence-corrected chi connectivity index (χ4v) is 2.44. The normalized spacial score (nSPS) is 10.3. The van der Waals surface area contributed by atoms with Crippen molar-refractivity contribution in [2.24, 2.45) is 0 Å². The van der Waals surface area contributed by atoms with Crippen molar-refractivity contribution < 1.29 is 9.53 Å². The molecule has 0 aliphatic rings. The van der Waals surface area contributed by atoms with Crippen LogP contribution in [0.5, 0.6) is 11.5 Å². The molecule has 0 aliphatic carbocycles. The third-order valence-electron chi connectivity index (χ3n) is 2.90. The van der Waals surface area contributed by atoms with Gasteiger partial charge < -0.3 is 9.72 Å². The number of ether oxygens (including phenoxy) is 1. The minimum atomic E-state index is 0.293. The van der Waals surface area contributed by atoms with Crippen LogP contribution in [0.15, 0.2) is 59.2 Å². The highest BCUT2D eigenvalue weighted by atomic mass is 79.9. The Kier molecular flexibility index (Phi) is 3.83. The summed E-state index contributed by atoms with van der Waals surface area (Å²) in [4.78, 5) is 17.8. The molecule has 0 spiro atoms. The fourth-order valence-electron chi connectivity index (χ4n) is 1.92. The molecule has 3 aromatic rings. The van der Waals surface area contributed by atoms with Crippen LogP contribution in [-0.2, 0) is 0 Å². The molecule has 0 saturated carbocycles. The van der Waals surface area contributed by atoms with Gasteiger partial charge in [0.25, 0.3) is 0 Å². The van der Waals surface area contributed by atoms with Gasteiger partial charge in [0.1, 0.15) is 21.8 Å². The van der Waals surface area contributed by atoms with E-state index in [1.165, 1.54) is 0 Å². The van der Waals surface area contributed by atoms with E-state index in [1.807, 2.05) is 54.6 Å². The molecule has 2 aromatic carbocycles. The average molecular weight is 343 g/mol. The summed E-state index contributed by atoms with van der Waals surface area (Å²) in [6, 6.07) is 17.1. The van der Waals surface area contributed by atoms with Gasteiger partial charge in [0.2, 0.25) is 0 Å². The second-order valence-electron chi connectivity index (χ2n) is 4.34. The van der Waals surface area contributed by atoms with Crippen LogP contribution in [0.1, 0.15) is 10.6 Å². The van der Waals surface area contributed by atoms with Crippen molar-refractivity contribution in [1.29, 1.82) is 0 Å². The van der Waals surface area contributed by atoms with E-state index in [4.69, 9.17) is 4.74 Å². The molecular weight excluding hydrogens is 332 g/mol. The van der Waals surface area contributed by atoms with Crippen molar-refractivity contribution in [3.63, 3.8) is 0 Å². The lowest BCUT2D eigenvalue weighted by Gasteiger charge is -2.06. The van der Waals surface area contributed by atoms with Crippen molar-refractivity contribution in [2.45, 2.75) is 0 Å². The third kappa shape index (κ3) is 3.03. The third-order valence-corrected chi connectivity index (χ3v) is 3.47. The lowest BCUT2D eigenvalue weighted by Crippen LogP contribution is -1.85. The van der Waals surface area contributed by atoms with Crippen LogP contribution in [0.3, 0.4) is 0 Å². The average Bonchev–Trinajstić information content (AvgIpc) is 2.90. The number of rotatable bonds is 4. The minimum Gasteiger partial charge on any atom is -0.457 e. The van der Waals surface area contributed by atoms with Crippen molar-refractivity contribution >= 4 is 22.2 Å². The van der Waals surface area contributed by atoms with E-state index < -0.39 is 0 Å². The highest BCUT2D eigenvalue weighted by Crippen LogP contribution is 2.28. The van der Waals surface area contributed by atoms with Crippen molar-refractivity contribution in [3.8, 4) is 22.8 Å². The number of nitrogens with zero attached hydrogens (tertiary/aromatic N) is 1. The molecule has 0 unspecified atom stereocenters. The number of halogens is 1. The molecule has 1 heterocycles. The van der Waals surface area contributed by atoms with Gasteiger partial charge in [-0.2, -0.15) is 0 Å². The molecule has 1 aromatic heterocycles. The Bertz CT molecular complexity index is 752. The fraction of sp³-hybridized carbons (Fsp3) is 0. The van der Waals surface area contributed by atoms with Crippen LogP contribution in [0, 0.1) is 0 Å². The van der Waals surface area contributed by atoms with Crippen LogP contribution in [0.25, 0.3) is 11.3 Å². The monoisotopic (exact) mass is 342 g/mol. The molecule has 3 rings (SSSR count). The first-order valence-electron chi connectivity index (χ1n) is 6.30. The van der Waals surface area contributed by atoms with Gasteiger partial charge in [0, 0.05) is 5.56 Å². The second-order valence-corrected chi connectivity index (χ2v) is 5.13. The largest absolute Gasteiger partial charge is 0.457 e. The summed E-state index contributed by atoms with van der Waals surface area (Å²) in [7, 11) is 0. The van der Waals surface area contributed by atoms with Gasteiger partial charge in [-0.15, -0.1) is 0 Å². The number of carbonyl (C=O) groups excluding carboxylic acids is 1. The zero-order chi connectivity index (χ0) is 14.7. The van der Waals surface area contributed by atoms with E-state index >= 15 is 0 Å². The van der Waals surface area contributed by atoms with Crippen molar-refractivity contribution in [1.82, 2.24) is 9.97 Å². The number of aromatic amines is 1. The van der Waals surface area contributed by atoms with Crippen molar-refractivity contribution in [2.75, 3.05) is 0 Å². The van der Waals surface area contributed by atoms with Crippen molar-refractivity contribution in [3.05, 3.63) is 65.0 Å². The molecule has 21 heavy (non-hydrogen) atoms. The van der Waals surface area contributed by atoms with Crippen LogP contribution < -0.4 is 4.74 Å². The maximum atomic E-state index is 10.7. The number of benzene rings is 2. The van der Waals surface area contributed by atoms with Gasteiger partial charge >= 0.3 is 0 Å². The molecule has 4 nitrogen and oxygen atoms in total. The minimum absolute atomic E-state index is 0.293. The Morgan fingerprint density at radius 1 is 1.00 bits per heavy atom. The van der Waals surface area contributed by atoms with Gasteiger partial charge in [0.05, 0.1) is 0 Å². The van der Waals surface area contributed by atoms with Gasteiger partial charge in [0.15, 0.2) is 12.1 Å². The van der Waals surface area contributed by atoms with E-state index in [9.17, 15) is 4.79 Å². The first-order chi connectivity index (χ1) is 10.3. The van der Waals surface area contributed by atoms with Crippen LogP contribution >= 0.6 is 15.9 Å². The van der Waals surface area contributed by atoms with Gasteiger partial charge in [-0.3, -0.25) is 4.79 Å². The number of aromatic nitrogens is 2. The molecule has 0 fully saturated rings. The molecule has 0 radical (unpaired) electrons. The smallest absolute Gasteiger partial charge is 0.185 e. The topological polar surface area (TPSA) is 55.0 Å². The Morgan fingerprint density at radius 2 is 1.67 bits per heavy atom. The molecule has 1 N–H and O–H groups in total. The highest BCUT2D eigenvalue weighted by molar-refractivity contribution is 9.10. The molecular formula is C16H11BrN2O2. The van der Waals surface area contributed by atoms with E-state index in [2.05, 4.69) is 25.9 Å². The number of H-pyrrole nitrogens is 1. The number of nitrogens with one attached hydrogen (secondary N) is 1. The molecule has 5 heteroatoms. The maximum absolute atomic E-state index is 10.7. The van der Waals surface area contributed by atoms with Crippen LogP contribution in [-0.4, -0.2) is 16.3 Å². The first-order valence-corrected chi connectivity index (χ1v) is 7.09. The van der Waals surface area contributed by atoms with Gasteiger partial charge in [-0.1, -0.05) is 18.2 Å². The number of aldehydes is 1. The summed E-state index contributed by atoms with van der Waals surface area (Å²) in [5.41, 5.74) is 1.59. The number of hydrogen-bond donors (Lipinski definition) is 1. The molecule has 0 amide bonds.